The third-order valence-corrected chi connectivity index (χ3v) is 11.2. The number of hydrogen-bond acceptors (Lipinski definition) is 1. The van der Waals surface area contributed by atoms with Crippen molar-refractivity contribution in [3.8, 4) is 5.75 Å². The summed E-state index contributed by atoms with van der Waals surface area (Å²) in [4.78, 5) is 0. The highest BCUT2D eigenvalue weighted by molar-refractivity contribution is 6.92. The lowest BCUT2D eigenvalue weighted by Crippen LogP contribution is -2.49. The summed E-state index contributed by atoms with van der Waals surface area (Å²) in [5, 5.41) is 11.2. The minimum absolute atomic E-state index is 0.375. The molecule has 1 saturated heterocycles. The van der Waals surface area contributed by atoms with Crippen molar-refractivity contribution in [2.45, 2.75) is 57.2 Å². The average molecular weight is 339 g/mol. The van der Waals surface area contributed by atoms with Crippen LogP contribution < -0.4 is 5.19 Å². The molecule has 2 aromatic rings. The largest absolute Gasteiger partial charge is 0.508 e. The van der Waals surface area contributed by atoms with Crippen LogP contribution in [-0.4, -0.2) is 13.2 Å². The summed E-state index contributed by atoms with van der Waals surface area (Å²) in [7, 11) is -1.36. The predicted octanol–water partition coefficient (Wildman–Crippen LogP) is 5.67. The first kappa shape index (κ1) is 17.3. The summed E-state index contributed by atoms with van der Waals surface area (Å²) >= 11 is 0. The maximum Gasteiger partial charge on any atom is 0.115 e. The van der Waals surface area contributed by atoms with Crippen LogP contribution >= 0.6 is 0 Å². The summed E-state index contributed by atoms with van der Waals surface area (Å²) in [6.45, 7) is 4.71. The van der Waals surface area contributed by atoms with Crippen molar-refractivity contribution < 1.29 is 5.11 Å². The molecule has 1 fully saturated rings. The smallest absolute Gasteiger partial charge is 0.115 e. The Morgan fingerprint density at radius 1 is 0.958 bits per heavy atom. The zero-order valence-electron chi connectivity index (χ0n) is 15.0. The first-order chi connectivity index (χ1) is 11.6. The molecule has 2 aromatic carbocycles. The van der Waals surface area contributed by atoms with Crippen LogP contribution in [0.3, 0.4) is 0 Å². The van der Waals surface area contributed by atoms with Crippen molar-refractivity contribution >= 4 is 13.3 Å². The third-order valence-electron chi connectivity index (χ3n) is 5.89. The number of aromatic hydroxyl groups is 1. The molecular formula is C22H30OSi. The highest BCUT2D eigenvalue weighted by Gasteiger charge is 2.38. The van der Waals surface area contributed by atoms with Gasteiger partial charge in [-0.05, 0) is 42.4 Å². The summed E-state index contributed by atoms with van der Waals surface area (Å²) in [5.74, 6) is 1.85. The van der Waals surface area contributed by atoms with Gasteiger partial charge in [0.1, 0.15) is 5.75 Å². The summed E-state index contributed by atoms with van der Waals surface area (Å²) in [5.41, 5.74) is 1.41. The summed E-state index contributed by atoms with van der Waals surface area (Å²) < 4.78 is 0. The molecular weight excluding hydrogens is 308 g/mol. The molecule has 1 heterocycles. The van der Waals surface area contributed by atoms with Gasteiger partial charge in [0.2, 0.25) is 0 Å². The molecule has 1 aliphatic heterocycles. The molecule has 0 aliphatic carbocycles. The van der Waals surface area contributed by atoms with E-state index in [0.717, 1.165) is 5.92 Å². The molecule has 0 radical (unpaired) electrons. The summed E-state index contributed by atoms with van der Waals surface area (Å²) in [6.07, 6.45) is 3.99. The van der Waals surface area contributed by atoms with Crippen molar-refractivity contribution in [1.29, 1.82) is 0 Å². The van der Waals surface area contributed by atoms with E-state index < -0.39 is 8.07 Å². The first-order valence-electron chi connectivity index (χ1n) is 9.43. The molecule has 0 aromatic heterocycles. The minimum atomic E-state index is -1.36. The molecule has 1 nitrogen and oxygen atoms in total. The maximum atomic E-state index is 9.52. The molecule has 0 spiro atoms. The van der Waals surface area contributed by atoms with Crippen molar-refractivity contribution in [2.24, 2.45) is 5.92 Å². The monoisotopic (exact) mass is 338 g/mol. The van der Waals surface area contributed by atoms with E-state index in [-0.39, 0.29) is 0 Å². The zero-order valence-corrected chi connectivity index (χ0v) is 16.0. The van der Waals surface area contributed by atoms with Gasteiger partial charge in [-0.1, -0.05) is 86.1 Å². The molecule has 24 heavy (non-hydrogen) atoms. The Balaban J connectivity index is 1.76. The fourth-order valence-electron chi connectivity index (χ4n) is 4.29. The van der Waals surface area contributed by atoms with E-state index in [9.17, 15) is 5.11 Å². The average Bonchev–Trinajstić information content (AvgIpc) is 2.62. The SMILES string of the molecule is CC(C)CC[Si]1(c2ccccc2)CCC(c2ccc(O)cc2)CC1. The Kier molecular flexibility index (Phi) is 5.45. The molecule has 3 rings (SSSR count). The minimum Gasteiger partial charge on any atom is -0.508 e. The molecule has 2 heteroatoms. The molecule has 1 N–H and O–H groups in total. The van der Waals surface area contributed by atoms with E-state index in [1.807, 2.05) is 12.1 Å². The lowest BCUT2D eigenvalue weighted by Gasteiger charge is -2.40. The van der Waals surface area contributed by atoms with Crippen LogP contribution in [0.25, 0.3) is 0 Å². The Morgan fingerprint density at radius 2 is 1.58 bits per heavy atom. The molecule has 1 aliphatic rings. The number of phenolic OH excluding ortho intramolecular Hbond substituents is 1. The lowest BCUT2D eigenvalue weighted by atomic mass is 9.93. The maximum absolute atomic E-state index is 9.52. The number of hydrogen-bond donors (Lipinski definition) is 1. The predicted molar refractivity (Wildman–Crippen MR) is 106 cm³/mol. The Labute approximate surface area is 147 Å². The molecule has 0 saturated carbocycles. The normalized spacial score (nSPS) is 24.2. The van der Waals surface area contributed by atoms with Crippen LogP contribution in [0.15, 0.2) is 54.6 Å². The van der Waals surface area contributed by atoms with Gasteiger partial charge in [0.25, 0.3) is 0 Å². The van der Waals surface area contributed by atoms with Crippen molar-refractivity contribution in [3.05, 3.63) is 60.2 Å². The molecule has 0 bridgehead atoms. The van der Waals surface area contributed by atoms with Crippen LogP contribution in [-0.2, 0) is 0 Å². The first-order valence-corrected chi connectivity index (χ1v) is 12.1. The molecule has 0 atom stereocenters. The second-order valence-corrected chi connectivity index (χ2v) is 12.6. The number of phenols is 1. The fraction of sp³-hybridized carbons (Fsp3) is 0.455. The highest BCUT2D eigenvalue weighted by atomic mass is 28.3. The standard InChI is InChI=1S/C22H30OSi/c1-18(2)12-15-24(22-6-4-3-5-7-22)16-13-20(14-17-24)19-8-10-21(23)11-9-19/h3-11,18,20,23H,12-17H2,1-2H3. The second-order valence-electron chi connectivity index (χ2n) is 7.94. The van der Waals surface area contributed by atoms with Gasteiger partial charge in [-0.15, -0.1) is 0 Å². The van der Waals surface area contributed by atoms with Crippen LogP contribution in [0.2, 0.25) is 18.1 Å². The van der Waals surface area contributed by atoms with E-state index in [0.29, 0.717) is 11.7 Å². The zero-order chi connectivity index (χ0) is 17.0. The van der Waals surface area contributed by atoms with E-state index in [1.54, 1.807) is 5.19 Å². The lowest BCUT2D eigenvalue weighted by molar-refractivity contribution is 0.474. The van der Waals surface area contributed by atoms with Gasteiger partial charge < -0.3 is 5.11 Å². The number of benzene rings is 2. The highest BCUT2D eigenvalue weighted by Crippen LogP contribution is 2.41. The van der Waals surface area contributed by atoms with Crippen molar-refractivity contribution in [1.82, 2.24) is 0 Å². The van der Waals surface area contributed by atoms with Gasteiger partial charge in [0, 0.05) is 0 Å². The Bertz CT molecular complexity index is 625. The van der Waals surface area contributed by atoms with E-state index >= 15 is 0 Å². The van der Waals surface area contributed by atoms with Crippen molar-refractivity contribution in [2.75, 3.05) is 0 Å². The van der Waals surface area contributed by atoms with Crippen LogP contribution in [0.4, 0.5) is 0 Å². The second kappa shape index (κ2) is 7.56. The quantitative estimate of drug-likeness (QED) is 0.696. The number of rotatable bonds is 5. The fourth-order valence-corrected chi connectivity index (χ4v) is 9.74. The van der Waals surface area contributed by atoms with E-state index in [1.165, 1.54) is 43.0 Å². The Morgan fingerprint density at radius 3 is 2.17 bits per heavy atom. The third kappa shape index (κ3) is 3.92. The Hall–Kier alpha value is -1.54. The van der Waals surface area contributed by atoms with Gasteiger partial charge in [0.15, 0.2) is 0 Å². The topological polar surface area (TPSA) is 20.2 Å². The van der Waals surface area contributed by atoms with Crippen molar-refractivity contribution in [3.63, 3.8) is 0 Å². The van der Waals surface area contributed by atoms with Crippen LogP contribution in [0.1, 0.15) is 44.6 Å². The van der Waals surface area contributed by atoms with Gasteiger partial charge in [-0.2, -0.15) is 0 Å². The van der Waals surface area contributed by atoms with Gasteiger partial charge in [-0.3, -0.25) is 0 Å². The molecule has 128 valence electrons. The van der Waals surface area contributed by atoms with E-state index in [2.05, 4.69) is 56.3 Å². The van der Waals surface area contributed by atoms with Gasteiger partial charge in [0.05, 0.1) is 8.07 Å². The van der Waals surface area contributed by atoms with Crippen LogP contribution in [0, 0.1) is 5.92 Å². The molecule has 0 unspecified atom stereocenters. The van der Waals surface area contributed by atoms with Crippen LogP contribution in [0.5, 0.6) is 5.75 Å². The summed E-state index contributed by atoms with van der Waals surface area (Å²) in [6, 6.07) is 23.6. The van der Waals surface area contributed by atoms with Gasteiger partial charge >= 0.3 is 0 Å². The molecule has 0 amide bonds. The van der Waals surface area contributed by atoms with Gasteiger partial charge in [-0.25, -0.2) is 0 Å². The van der Waals surface area contributed by atoms with E-state index in [4.69, 9.17) is 0 Å².